The zero-order valence-electron chi connectivity index (χ0n) is 13.3. The van der Waals surface area contributed by atoms with Gasteiger partial charge in [-0.25, -0.2) is 26.3 Å². The van der Waals surface area contributed by atoms with E-state index < -0.39 is 73.5 Å². The van der Waals surface area contributed by atoms with E-state index in [1.165, 1.54) is 0 Å². The summed E-state index contributed by atoms with van der Waals surface area (Å²) in [6.07, 6.45) is -22.6. The van der Waals surface area contributed by atoms with Crippen LogP contribution in [0.1, 0.15) is 0 Å². The van der Waals surface area contributed by atoms with E-state index in [2.05, 4.69) is 0 Å². The molecule has 0 aromatic heterocycles. The minimum atomic E-state index is -5.71. The molecule has 18 heteroatoms. The van der Waals surface area contributed by atoms with Crippen molar-refractivity contribution in [3.8, 4) is 0 Å². The fourth-order valence-electron chi connectivity index (χ4n) is 0.605. The van der Waals surface area contributed by atoms with Crippen molar-refractivity contribution in [1.82, 2.24) is 0 Å². The van der Waals surface area contributed by atoms with Gasteiger partial charge in [0.05, 0.1) is 12.4 Å². The Hall–Kier alpha value is -2.04. The minimum Gasteiger partial charge on any atom is -0.243 e. The van der Waals surface area contributed by atoms with Crippen LogP contribution in [0.2, 0.25) is 0 Å². The minimum absolute atomic E-state index is 0.840. The summed E-state index contributed by atoms with van der Waals surface area (Å²) in [5.41, 5.74) is 0. The summed E-state index contributed by atoms with van der Waals surface area (Å²) in [7, 11) is 0. The maximum atomic E-state index is 11.5. The molecule has 0 radical (unpaired) electrons. The summed E-state index contributed by atoms with van der Waals surface area (Å²) in [6.45, 7) is -2.08. The second-order valence-corrected chi connectivity index (χ2v) is 4.14. The number of allylic oxidation sites excluding steroid dienone is 5. The number of hydrogen-bond donors (Lipinski definition) is 0. The molecule has 0 rings (SSSR count). The lowest BCUT2D eigenvalue weighted by molar-refractivity contribution is -0.259. The van der Waals surface area contributed by atoms with Crippen LogP contribution in [0.15, 0.2) is 36.0 Å². The van der Waals surface area contributed by atoms with Gasteiger partial charge < -0.3 is 0 Å². The molecule has 0 bridgehead atoms. The van der Waals surface area contributed by atoms with Gasteiger partial charge in [-0.3, -0.25) is 0 Å². The topological polar surface area (TPSA) is 0 Å². The summed E-state index contributed by atoms with van der Waals surface area (Å²) in [5.74, 6) is -13.0. The van der Waals surface area contributed by atoms with Crippen LogP contribution in [-0.2, 0) is 0 Å². The van der Waals surface area contributed by atoms with Crippen LogP contribution in [0, 0.1) is 0 Å². The Bertz CT molecular complexity index is 569. The molecule has 0 saturated carbocycles. The molecule has 0 aromatic carbocycles. The third-order valence-electron chi connectivity index (χ3n) is 1.76. The highest BCUT2D eigenvalue weighted by atomic mass is 19.4. The molecule has 30 heavy (non-hydrogen) atoms. The maximum Gasteiger partial charge on any atom is 0.457 e. The zero-order chi connectivity index (χ0) is 25.1. The van der Waals surface area contributed by atoms with E-state index in [1.54, 1.807) is 0 Å². The van der Waals surface area contributed by atoms with Gasteiger partial charge in [0.25, 0.3) is 6.43 Å². The maximum absolute atomic E-state index is 11.5. The lowest BCUT2D eigenvalue weighted by Gasteiger charge is -2.13. The van der Waals surface area contributed by atoms with Crippen LogP contribution in [0.3, 0.4) is 0 Å². The van der Waals surface area contributed by atoms with Gasteiger partial charge in [0.2, 0.25) is 5.83 Å². The van der Waals surface area contributed by atoms with Crippen LogP contribution in [0.5, 0.6) is 0 Å². The number of alkyl halides is 14. The highest BCUT2D eigenvalue weighted by Crippen LogP contribution is 2.36. The number of hydrogen-bond acceptors (Lipinski definition) is 0. The van der Waals surface area contributed by atoms with Crippen molar-refractivity contribution in [3.63, 3.8) is 0 Å². The van der Waals surface area contributed by atoms with E-state index in [4.69, 9.17) is 0 Å². The van der Waals surface area contributed by atoms with Crippen molar-refractivity contribution in [3.05, 3.63) is 36.0 Å². The molecule has 0 unspecified atom stereocenters. The molecule has 0 fully saturated rings. The van der Waals surface area contributed by atoms with Crippen molar-refractivity contribution in [1.29, 1.82) is 0 Å². The standard InChI is InChI=1S/3C4H2F6/c5-1-2(6)3(7)4(8,9)10;5-2(3(6)7)1-4(8,9)10;5-2-1-3(6,7)4(8,9)10/h1H2;1,3H;1-2H/b3-2+;;. The molecule has 0 aliphatic rings. The van der Waals surface area contributed by atoms with Gasteiger partial charge in [-0.05, 0) is 0 Å². The first-order valence-electron chi connectivity index (χ1n) is 6.16. The van der Waals surface area contributed by atoms with Crippen molar-refractivity contribution in [2.75, 3.05) is 6.67 Å². The summed E-state index contributed by atoms with van der Waals surface area (Å²) in [4.78, 5) is 0. The van der Waals surface area contributed by atoms with Crippen molar-refractivity contribution in [2.45, 2.75) is 30.9 Å². The van der Waals surface area contributed by atoms with Gasteiger partial charge in [0.15, 0.2) is 11.7 Å². The SMILES string of the molecule is FC(=CC(F)(F)F)C(F)F.FC/C(F)=C(\F)C(F)(F)F.FC=CC(F)(F)C(F)(F)F. The molecule has 0 aliphatic carbocycles. The first-order chi connectivity index (χ1) is 13.0. The average molecular weight is 492 g/mol. The molecule has 0 spiro atoms. The number of halogens is 18. The third kappa shape index (κ3) is 15.8. The second kappa shape index (κ2) is 12.6. The molecule has 180 valence electrons. The van der Waals surface area contributed by atoms with E-state index >= 15 is 0 Å². The van der Waals surface area contributed by atoms with Crippen molar-refractivity contribution >= 4 is 0 Å². The van der Waals surface area contributed by atoms with Crippen molar-refractivity contribution < 1.29 is 79.0 Å². The molecule has 0 amide bonds. The number of rotatable bonds is 3. The molecule has 0 N–H and O–H groups in total. The van der Waals surface area contributed by atoms with E-state index in [1.807, 2.05) is 0 Å². The molecule has 0 atom stereocenters. The smallest absolute Gasteiger partial charge is 0.243 e. The van der Waals surface area contributed by atoms with Gasteiger partial charge in [0, 0.05) is 6.08 Å². The quantitative estimate of drug-likeness (QED) is 0.351. The Morgan fingerprint density at radius 2 is 1.17 bits per heavy atom. The molecular formula is C12H6F18. The molecule has 0 aromatic rings. The lowest BCUT2D eigenvalue weighted by Crippen LogP contribution is -2.33. The Morgan fingerprint density at radius 1 is 0.767 bits per heavy atom. The second-order valence-electron chi connectivity index (χ2n) is 4.14. The van der Waals surface area contributed by atoms with E-state index in [9.17, 15) is 79.0 Å². The Balaban J connectivity index is -0.000000364. The zero-order valence-corrected chi connectivity index (χ0v) is 13.3. The summed E-state index contributed by atoms with van der Waals surface area (Å²) in [6, 6.07) is 0. The summed E-state index contributed by atoms with van der Waals surface area (Å²) in [5, 5.41) is 0. The van der Waals surface area contributed by atoms with Gasteiger partial charge >= 0.3 is 24.5 Å². The Morgan fingerprint density at radius 3 is 1.27 bits per heavy atom. The van der Waals surface area contributed by atoms with Crippen LogP contribution in [0.4, 0.5) is 79.0 Å². The lowest BCUT2D eigenvalue weighted by atomic mass is 10.3. The van der Waals surface area contributed by atoms with Crippen LogP contribution in [-0.4, -0.2) is 37.6 Å². The average Bonchev–Trinajstić information content (AvgIpc) is 2.51. The van der Waals surface area contributed by atoms with Gasteiger partial charge in [0.1, 0.15) is 6.67 Å². The monoisotopic (exact) mass is 492 g/mol. The van der Waals surface area contributed by atoms with Gasteiger partial charge in [-0.1, -0.05) is 0 Å². The third-order valence-corrected chi connectivity index (χ3v) is 1.76. The highest BCUT2D eigenvalue weighted by molar-refractivity contribution is 5.05. The predicted octanol–water partition coefficient (Wildman–Crippen LogP) is 8.00. The normalized spacial score (nSPS) is 14.7. The van der Waals surface area contributed by atoms with Crippen LogP contribution in [0.25, 0.3) is 0 Å². The van der Waals surface area contributed by atoms with Gasteiger partial charge in [-0.2, -0.15) is 52.7 Å². The highest BCUT2D eigenvalue weighted by Gasteiger charge is 2.55. The predicted molar refractivity (Wildman–Crippen MR) is 63.8 cm³/mol. The van der Waals surface area contributed by atoms with Crippen molar-refractivity contribution in [2.24, 2.45) is 0 Å². The van der Waals surface area contributed by atoms with Crippen LogP contribution < -0.4 is 0 Å². The van der Waals surface area contributed by atoms with E-state index in [0.717, 1.165) is 0 Å². The van der Waals surface area contributed by atoms with E-state index in [0.29, 0.717) is 0 Å². The fourth-order valence-corrected chi connectivity index (χ4v) is 0.605. The molecule has 0 heterocycles. The Kier molecular flexibility index (Phi) is 13.7. The summed E-state index contributed by atoms with van der Waals surface area (Å²) >= 11 is 0. The molecular weight excluding hydrogens is 486 g/mol. The van der Waals surface area contributed by atoms with Crippen LogP contribution >= 0.6 is 0 Å². The van der Waals surface area contributed by atoms with E-state index in [-0.39, 0.29) is 0 Å². The molecule has 0 saturated heterocycles. The summed E-state index contributed by atoms with van der Waals surface area (Å²) < 4.78 is 200. The molecule has 0 aliphatic heterocycles. The van der Waals surface area contributed by atoms with Gasteiger partial charge in [-0.15, -0.1) is 0 Å². The Labute approximate surface area is 154 Å². The fraction of sp³-hybridized carbons (Fsp3) is 0.500. The first-order valence-corrected chi connectivity index (χ1v) is 6.16. The first kappa shape index (κ1) is 32.6. The largest absolute Gasteiger partial charge is 0.457 e. The molecule has 0 nitrogen and oxygen atoms in total.